The average Bonchev–Trinajstić information content (AvgIpc) is 2.64. The van der Waals surface area contributed by atoms with Gasteiger partial charge in [-0.1, -0.05) is 26.7 Å². The van der Waals surface area contributed by atoms with Crippen molar-refractivity contribution in [1.82, 2.24) is 9.55 Å². The molecule has 1 fully saturated rings. The predicted octanol–water partition coefficient (Wildman–Crippen LogP) is 4.98. The summed E-state index contributed by atoms with van der Waals surface area (Å²) in [5.74, 6) is -0.223. The Hall–Kier alpha value is -1.16. The fourth-order valence-corrected chi connectivity index (χ4v) is 3.70. The first-order valence-electron chi connectivity index (χ1n) is 6.89. The molecule has 0 radical (unpaired) electrons. The summed E-state index contributed by atoms with van der Waals surface area (Å²) < 4.78 is 16.2. The highest BCUT2D eigenvalue weighted by Crippen LogP contribution is 2.45. The van der Waals surface area contributed by atoms with Gasteiger partial charge < -0.3 is 9.55 Å². The van der Waals surface area contributed by atoms with E-state index in [0.717, 1.165) is 17.5 Å². The Morgan fingerprint density at radius 3 is 2.89 bits per heavy atom. The maximum atomic E-state index is 13.3. The molecule has 102 valence electrons. The summed E-state index contributed by atoms with van der Waals surface area (Å²) in [6.45, 7) is 4.61. The number of fused-ring (bicyclic) bond motifs is 1. The van der Waals surface area contributed by atoms with E-state index >= 15 is 0 Å². The molecule has 1 aliphatic carbocycles. The van der Waals surface area contributed by atoms with Crippen LogP contribution in [0.5, 0.6) is 0 Å². The van der Waals surface area contributed by atoms with Crippen molar-refractivity contribution in [3.63, 3.8) is 0 Å². The highest BCUT2D eigenvalue weighted by Gasteiger charge is 2.34. The number of aromatic amines is 1. The van der Waals surface area contributed by atoms with Crippen molar-refractivity contribution < 1.29 is 4.39 Å². The molecule has 1 atom stereocenters. The Morgan fingerprint density at radius 1 is 1.37 bits per heavy atom. The van der Waals surface area contributed by atoms with Crippen LogP contribution in [-0.2, 0) is 0 Å². The van der Waals surface area contributed by atoms with Crippen LogP contribution in [0.15, 0.2) is 18.2 Å². The van der Waals surface area contributed by atoms with Crippen molar-refractivity contribution in [2.45, 2.75) is 45.6 Å². The number of halogens is 1. The average molecular weight is 278 g/mol. The largest absolute Gasteiger partial charge is 0.330 e. The quantitative estimate of drug-likeness (QED) is 0.730. The monoisotopic (exact) mass is 278 g/mol. The van der Waals surface area contributed by atoms with Crippen LogP contribution < -0.4 is 0 Å². The van der Waals surface area contributed by atoms with Crippen LogP contribution in [-0.4, -0.2) is 9.55 Å². The van der Waals surface area contributed by atoms with E-state index in [-0.39, 0.29) is 11.2 Å². The van der Waals surface area contributed by atoms with Crippen molar-refractivity contribution >= 4 is 23.3 Å². The Kier molecular flexibility index (Phi) is 3.01. The van der Waals surface area contributed by atoms with Gasteiger partial charge in [0.15, 0.2) is 4.77 Å². The number of nitrogens with zero attached hydrogens (tertiary/aromatic N) is 1. The molecule has 0 bridgehead atoms. The number of imidazole rings is 1. The molecule has 4 heteroatoms. The zero-order chi connectivity index (χ0) is 13.6. The number of benzene rings is 1. The first-order chi connectivity index (χ1) is 8.99. The first-order valence-corrected chi connectivity index (χ1v) is 7.30. The number of rotatable bonds is 1. The molecule has 0 spiro atoms. The molecule has 0 saturated heterocycles. The van der Waals surface area contributed by atoms with E-state index in [1.807, 2.05) is 6.07 Å². The van der Waals surface area contributed by atoms with Crippen LogP contribution in [0.1, 0.15) is 45.6 Å². The highest BCUT2D eigenvalue weighted by molar-refractivity contribution is 7.71. The maximum absolute atomic E-state index is 13.3. The lowest BCUT2D eigenvalue weighted by molar-refractivity contribution is 0.146. The SMILES string of the molecule is CC1(C)CCCCC1n1c(=S)[nH]c2cc(F)ccc21. The van der Waals surface area contributed by atoms with Gasteiger partial charge in [0.05, 0.1) is 11.0 Å². The van der Waals surface area contributed by atoms with Gasteiger partial charge in [0, 0.05) is 6.04 Å². The predicted molar refractivity (Wildman–Crippen MR) is 78.4 cm³/mol. The van der Waals surface area contributed by atoms with Gasteiger partial charge >= 0.3 is 0 Å². The van der Waals surface area contributed by atoms with E-state index < -0.39 is 0 Å². The van der Waals surface area contributed by atoms with Crippen LogP contribution in [0, 0.1) is 16.0 Å². The Bertz CT molecular complexity index is 668. The third-order valence-corrected chi connectivity index (χ3v) is 4.74. The molecule has 0 aliphatic heterocycles. The summed E-state index contributed by atoms with van der Waals surface area (Å²) >= 11 is 5.46. The van der Waals surface area contributed by atoms with Crippen LogP contribution >= 0.6 is 12.2 Å². The molecule has 1 N–H and O–H groups in total. The Labute approximate surface area is 117 Å². The normalized spacial score (nSPS) is 22.8. The van der Waals surface area contributed by atoms with E-state index in [9.17, 15) is 4.39 Å². The second kappa shape index (κ2) is 4.44. The van der Waals surface area contributed by atoms with Gasteiger partial charge in [-0.05, 0) is 48.7 Å². The molecular weight excluding hydrogens is 259 g/mol. The van der Waals surface area contributed by atoms with Crippen molar-refractivity contribution in [1.29, 1.82) is 0 Å². The summed E-state index contributed by atoms with van der Waals surface area (Å²) in [5, 5.41) is 0. The molecule has 19 heavy (non-hydrogen) atoms. The highest BCUT2D eigenvalue weighted by atomic mass is 32.1. The van der Waals surface area contributed by atoms with Gasteiger partial charge in [0.25, 0.3) is 0 Å². The maximum Gasteiger partial charge on any atom is 0.178 e. The third kappa shape index (κ3) is 2.12. The molecular formula is C15H19FN2S. The zero-order valence-electron chi connectivity index (χ0n) is 11.4. The van der Waals surface area contributed by atoms with E-state index in [1.165, 1.54) is 31.4 Å². The van der Waals surface area contributed by atoms with E-state index in [2.05, 4.69) is 23.4 Å². The fourth-order valence-electron chi connectivity index (χ4n) is 3.37. The van der Waals surface area contributed by atoms with Crippen molar-refractivity contribution in [2.24, 2.45) is 5.41 Å². The minimum atomic E-state index is -0.223. The number of hydrogen-bond acceptors (Lipinski definition) is 1. The molecule has 1 aromatic carbocycles. The lowest BCUT2D eigenvalue weighted by Crippen LogP contribution is -2.30. The van der Waals surface area contributed by atoms with E-state index in [1.54, 1.807) is 0 Å². The minimum Gasteiger partial charge on any atom is -0.330 e. The van der Waals surface area contributed by atoms with Crippen LogP contribution in [0.2, 0.25) is 0 Å². The summed E-state index contributed by atoms with van der Waals surface area (Å²) in [6, 6.07) is 5.27. The number of nitrogens with one attached hydrogen (secondary N) is 1. The molecule has 0 amide bonds. The molecule has 1 heterocycles. The first kappa shape index (κ1) is 12.9. The van der Waals surface area contributed by atoms with Crippen LogP contribution in [0.4, 0.5) is 4.39 Å². The van der Waals surface area contributed by atoms with E-state index in [0.29, 0.717) is 10.8 Å². The molecule has 2 nitrogen and oxygen atoms in total. The van der Waals surface area contributed by atoms with Gasteiger partial charge in [-0.15, -0.1) is 0 Å². The lowest BCUT2D eigenvalue weighted by atomic mass is 9.73. The standard InChI is InChI=1S/C15H19FN2S/c1-15(2)8-4-3-5-13(15)18-12-7-6-10(16)9-11(12)17-14(18)19/h6-7,9,13H,3-5,8H2,1-2H3,(H,17,19). The molecule has 2 aromatic rings. The zero-order valence-corrected chi connectivity index (χ0v) is 12.2. The van der Waals surface area contributed by atoms with Crippen LogP contribution in [0.3, 0.4) is 0 Å². The third-order valence-electron chi connectivity index (χ3n) is 4.44. The second-order valence-electron chi connectivity index (χ2n) is 6.21. The Balaban J connectivity index is 2.19. The lowest BCUT2D eigenvalue weighted by Gasteiger charge is -2.39. The second-order valence-corrected chi connectivity index (χ2v) is 6.60. The van der Waals surface area contributed by atoms with Gasteiger partial charge in [-0.2, -0.15) is 0 Å². The summed E-state index contributed by atoms with van der Waals surface area (Å²) in [6.07, 6.45) is 4.89. The molecule has 1 saturated carbocycles. The van der Waals surface area contributed by atoms with Gasteiger partial charge in [-0.3, -0.25) is 0 Å². The van der Waals surface area contributed by atoms with Crippen molar-refractivity contribution in [3.05, 3.63) is 28.8 Å². The smallest absolute Gasteiger partial charge is 0.178 e. The molecule has 1 aliphatic rings. The Morgan fingerprint density at radius 2 is 2.16 bits per heavy atom. The summed E-state index contributed by atoms with van der Waals surface area (Å²) in [4.78, 5) is 3.14. The van der Waals surface area contributed by atoms with Crippen LogP contribution in [0.25, 0.3) is 11.0 Å². The van der Waals surface area contributed by atoms with Crippen molar-refractivity contribution in [3.8, 4) is 0 Å². The molecule has 1 aromatic heterocycles. The molecule has 3 rings (SSSR count). The fraction of sp³-hybridized carbons (Fsp3) is 0.533. The molecule has 1 unspecified atom stereocenters. The number of hydrogen-bond donors (Lipinski definition) is 1. The van der Waals surface area contributed by atoms with E-state index in [4.69, 9.17) is 12.2 Å². The topological polar surface area (TPSA) is 20.7 Å². The van der Waals surface area contributed by atoms with Gasteiger partial charge in [0.1, 0.15) is 5.82 Å². The van der Waals surface area contributed by atoms with Gasteiger partial charge in [0.2, 0.25) is 0 Å². The number of H-pyrrole nitrogens is 1. The van der Waals surface area contributed by atoms with Crippen molar-refractivity contribution in [2.75, 3.05) is 0 Å². The minimum absolute atomic E-state index is 0.223. The van der Waals surface area contributed by atoms with Gasteiger partial charge in [-0.25, -0.2) is 4.39 Å². The summed E-state index contributed by atoms with van der Waals surface area (Å²) in [7, 11) is 0. The summed E-state index contributed by atoms with van der Waals surface area (Å²) in [5.41, 5.74) is 2.05. The number of aromatic nitrogens is 2.